The summed E-state index contributed by atoms with van der Waals surface area (Å²) in [5.74, 6) is 1.53. The summed E-state index contributed by atoms with van der Waals surface area (Å²) in [6.45, 7) is 3.54. The second-order valence-electron chi connectivity index (χ2n) is 3.36. The molecule has 0 N–H and O–H groups in total. The van der Waals surface area contributed by atoms with Gasteiger partial charge < -0.3 is 14.4 Å². The van der Waals surface area contributed by atoms with Crippen LogP contribution in [0.15, 0.2) is 18.2 Å². The Balaban J connectivity index is 2.12. The van der Waals surface area contributed by atoms with E-state index in [-0.39, 0.29) is 6.79 Å². The van der Waals surface area contributed by atoms with Gasteiger partial charge in [0.2, 0.25) is 13.2 Å². The van der Waals surface area contributed by atoms with Crippen molar-refractivity contribution in [3.05, 3.63) is 23.8 Å². The van der Waals surface area contributed by atoms with Gasteiger partial charge in [-0.25, -0.2) is 0 Å². The predicted octanol–water partition coefficient (Wildman–Crippen LogP) is 1.39. The van der Waals surface area contributed by atoms with Crippen LogP contribution in [-0.2, 0) is 11.3 Å². The molecule has 2 rings (SSSR count). The molecule has 0 aromatic heterocycles. The second kappa shape index (κ2) is 4.21. The van der Waals surface area contributed by atoms with Gasteiger partial charge in [-0.1, -0.05) is 6.07 Å². The number of carbonyl (C=O) groups excluding carboxylic acids is 1. The number of rotatable bonds is 4. The van der Waals surface area contributed by atoms with E-state index in [0.717, 1.165) is 23.5 Å². The fraction of sp³-hybridized carbons (Fsp3) is 0.364. The van der Waals surface area contributed by atoms with Gasteiger partial charge in [0.1, 0.15) is 0 Å². The molecule has 4 heteroatoms. The maximum absolute atomic E-state index is 10.6. The third-order valence-electron chi connectivity index (χ3n) is 2.38. The maximum Gasteiger partial charge on any atom is 0.231 e. The summed E-state index contributed by atoms with van der Waals surface area (Å²) in [6, 6.07) is 5.73. The summed E-state index contributed by atoms with van der Waals surface area (Å²) >= 11 is 0. The van der Waals surface area contributed by atoms with E-state index >= 15 is 0 Å². The Morgan fingerprint density at radius 3 is 2.93 bits per heavy atom. The van der Waals surface area contributed by atoms with Crippen molar-refractivity contribution in [2.45, 2.75) is 13.5 Å². The van der Waals surface area contributed by atoms with Crippen molar-refractivity contribution in [1.82, 2.24) is 4.90 Å². The highest BCUT2D eigenvalue weighted by atomic mass is 16.7. The van der Waals surface area contributed by atoms with Crippen LogP contribution in [-0.4, -0.2) is 24.6 Å². The second-order valence-corrected chi connectivity index (χ2v) is 3.36. The van der Waals surface area contributed by atoms with Gasteiger partial charge in [-0.3, -0.25) is 4.79 Å². The van der Waals surface area contributed by atoms with Crippen molar-refractivity contribution in [1.29, 1.82) is 0 Å². The normalized spacial score (nSPS) is 12.6. The molecule has 0 saturated carbocycles. The fourth-order valence-electron chi connectivity index (χ4n) is 1.50. The number of ether oxygens (including phenoxy) is 2. The van der Waals surface area contributed by atoms with Gasteiger partial charge in [-0.15, -0.1) is 0 Å². The van der Waals surface area contributed by atoms with Gasteiger partial charge >= 0.3 is 0 Å². The summed E-state index contributed by atoms with van der Waals surface area (Å²) in [5.41, 5.74) is 1.05. The molecule has 0 spiro atoms. The van der Waals surface area contributed by atoms with Gasteiger partial charge in [-0.2, -0.15) is 0 Å². The Morgan fingerprint density at radius 1 is 1.40 bits per heavy atom. The lowest BCUT2D eigenvalue weighted by Gasteiger charge is -2.14. The van der Waals surface area contributed by atoms with Crippen LogP contribution in [0.5, 0.6) is 11.5 Å². The third kappa shape index (κ3) is 2.03. The van der Waals surface area contributed by atoms with E-state index in [1.54, 1.807) is 4.90 Å². The first-order valence-electron chi connectivity index (χ1n) is 4.91. The molecule has 0 aliphatic carbocycles. The molecule has 4 nitrogen and oxygen atoms in total. The van der Waals surface area contributed by atoms with E-state index in [1.807, 2.05) is 25.1 Å². The minimum atomic E-state index is 0.282. The maximum atomic E-state index is 10.6. The molecule has 1 heterocycles. The highest BCUT2D eigenvalue weighted by Crippen LogP contribution is 2.32. The van der Waals surface area contributed by atoms with E-state index < -0.39 is 0 Å². The molecule has 0 bridgehead atoms. The minimum absolute atomic E-state index is 0.282. The van der Waals surface area contributed by atoms with Gasteiger partial charge in [0.15, 0.2) is 11.5 Å². The average Bonchev–Trinajstić information content (AvgIpc) is 2.73. The molecular formula is C11H13NO3. The van der Waals surface area contributed by atoms with Crippen molar-refractivity contribution in [3.8, 4) is 11.5 Å². The van der Waals surface area contributed by atoms with Crippen LogP contribution < -0.4 is 9.47 Å². The molecule has 0 radical (unpaired) electrons. The molecule has 1 aliphatic heterocycles. The Morgan fingerprint density at radius 2 is 2.20 bits per heavy atom. The zero-order valence-electron chi connectivity index (χ0n) is 8.60. The van der Waals surface area contributed by atoms with E-state index in [2.05, 4.69) is 0 Å². The smallest absolute Gasteiger partial charge is 0.231 e. The molecule has 1 amide bonds. The van der Waals surface area contributed by atoms with E-state index in [1.165, 1.54) is 0 Å². The van der Waals surface area contributed by atoms with Crippen LogP contribution >= 0.6 is 0 Å². The van der Waals surface area contributed by atoms with Gasteiger partial charge in [0.05, 0.1) is 0 Å². The Labute approximate surface area is 88.4 Å². The fourth-order valence-corrected chi connectivity index (χ4v) is 1.50. The highest BCUT2D eigenvalue weighted by molar-refractivity contribution is 5.49. The molecule has 1 aromatic carbocycles. The van der Waals surface area contributed by atoms with Crippen LogP contribution in [0, 0.1) is 0 Å². The molecule has 1 aromatic rings. The lowest BCUT2D eigenvalue weighted by molar-refractivity contribution is -0.118. The highest BCUT2D eigenvalue weighted by Gasteiger charge is 2.13. The lowest BCUT2D eigenvalue weighted by Crippen LogP contribution is -2.20. The summed E-state index contributed by atoms with van der Waals surface area (Å²) < 4.78 is 10.5. The van der Waals surface area contributed by atoms with Gasteiger partial charge in [-0.05, 0) is 24.6 Å². The molecule has 0 saturated heterocycles. The van der Waals surface area contributed by atoms with Crippen LogP contribution in [0.2, 0.25) is 0 Å². The Kier molecular flexibility index (Phi) is 2.76. The zero-order valence-corrected chi connectivity index (χ0v) is 8.60. The third-order valence-corrected chi connectivity index (χ3v) is 2.38. The number of hydrogen-bond donors (Lipinski definition) is 0. The quantitative estimate of drug-likeness (QED) is 0.700. The first kappa shape index (κ1) is 9.83. The summed E-state index contributed by atoms with van der Waals surface area (Å²) in [7, 11) is 0. The summed E-state index contributed by atoms with van der Waals surface area (Å²) in [4.78, 5) is 12.3. The van der Waals surface area contributed by atoms with Crippen molar-refractivity contribution >= 4 is 6.41 Å². The van der Waals surface area contributed by atoms with Crippen molar-refractivity contribution < 1.29 is 14.3 Å². The molecule has 15 heavy (non-hydrogen) atoms. The minimum Gasteiger partial charge on any atom is -0.454 e. The first-order chi connectivity index (χ1) is 7.33. The van der Waals surface area contributed by atoms with Crippen molar-refractivity contribution in [2.75, 3.05) is 13.3 Å². The Hall–Kier alpha value is -1.71. The summed E-state index contributed by atoms with van der Waals surface area (Å²) in [5, 5.41) is 0. The van der Waals surface area contributed by atoms with Crippen LogP contribution in [0.3, 0.4) is 0 Å². The largest absolute Gasteiger partial charge is 0.454 e. The van der Waals surface area contributed by atoms with E-state index in [9.17, 15) is 4.79 Å². The number of benzene rings is 1. The zero-order chi connectivity index (χ0) is 10.7. The van der Waals surface area contributed by atoms with Crippen LogP contribution in [0.1, 0.15) is 12.5 Å². The molecule has 0 unspecified atom stereocenters. The van der Waals surface area contributed by atoms with Crippen LogP contribution in [0.4, 0.5) is 0 Å². The average molecular weight is 207 g/mol. The Bertz CT molecular complexity index is 365. The van der Waals surface area contributed by atoms with E-state index in [4.69, 9.17) is 9.47 Å². The predicted molar refractivity (Wildman–Crippen MR) is 54.7 cm³/mol. The number of amides is 1. The number of nitrogens with zero attached hydrogens (tertiary/aromatic N) is 1. The monoisotopic (exact) mass is 207 g/mol. The molecular weight excluding hydrogens is 194 g/mol. The van der Waals surface area contributed by atoms with Gasteiger partial charge in [0, 0.05) is 13.1 Å². The van der Waals surface area contributed by atoms with Crippen molar-refractivity contribution in [2.24, 2.45) is 0 Å². The standard InChI is InChI=1S/C11H13NO3/c1-2-12(7-13)6-9-3-4-10-11(5-9)15-8-14-10/h3-5,7H,2,6,8H2,1H3. The van der Waals surface area contributed by atoms with Gasteiger partial charge in [0.25, 0.3) is 0 Å². The topological polar surface area (TPSA) is 38.8 Å². The molecule has 80 valence electrons. The lowest BCUT2D eigenvalue weighted by atomic mass is 10.2. The molecule has 1 aliphatic rings. The van der Waals surface area contributed by atoms with Crippen LogP contribution in [0.25, 0.3) is 0 Å². The number of hydrogen-bond acceptors (Lipinski definition) is 3. The molecule has 0 fully saturated rings. The molecule has 0 atom stereocenters. The van der Waals surface area contributed by atoms with Crippen molar-refractivity contribution in [3.63, 3.8) is 0 Å². The summed E-state index contributed by atoms with van der Waals surface area (Å²) in [6.07, 6.45) is 0.852. The number of fused-ring (bicyclic) bond motifs is 1. The number of carbonyl (C=O) groups is 1. The van der Waals surface area contributed by atoms with E-state index in [0.29, 0.717) is 13.1 Å². The SMILES string of the molecule is CCN(C=O)Cc1ccc2c(c1)OCO2. The first-order valence-corrected chi connectivity index (χ1v) is 4.91.